The summed E-state index contributed by atoms with van der Waals surface area (Å²) in [5.74, 6) is 1.63. The fourth-order valence-corrected chi connectivity index (χ4v) is 2.20. The Balaban J connectivity index is 2.22. The molecule has 1 aromatic rings. The lowest BCUT2D eigenvalue weighted by molar-refractivity contribution is 0.298. The molecule has 20 heavy (non-hydrogen) atoms. The maximum absolute atomic E-state index is 5.80. The van der Waals surface area contributed by atoms with Crippen LogP contribution in [-0.2, 0) is 0 Å². The second-order valence-electron chi connectivity index (χ2n) is 5.72. The van der Waals surface area contributed by atoms with Crippen molar-refractivity contribution in [1.29, 1.82) is 0 Å². The number of hydrogen-bond acceptors (Lipinski definition) is 2. The molecule has 0 aliphatic heterocycles. The van der Waals surface area contributed by atoms with Crippen molar-refractivity contribution in [2.24, 2.45) is 0 Å². The molecule has 0 aliphatic rings. The average Bonchev–Trinajstić information content (AvgIpc) is 2.49. The summed E-state index contributed by atoms with van der Waals surface area (Å²) in [6.45, 7) is 10.9. The predicted octanol–water partition coefficient (Wildman–Crippen LogP) is 4.75. The molecule has 0 heterocycles. The van der Waals surface area contributed by atoms with Crippen LogP contribution in [-0.4, -0.2) is 19.2 Å². The molecule has 0 spiro atoms. The van der Waals surface area contributed by atoms with Gasteiger partial charge in [0.2, 0.25) is 0 Å². The predicted molar refractivity (Wildman–Crippen MR) is 87.6 cm³/mol. The molecule has 2 unspecified atom stereocenters. The van der Waals surface area contributed by atoms with Crippen LogP contribution in [0.4, 0.5) is 0 Å². The van der Waals surface area contributed by atoms with E-state index >= 15 is 0 Å². The third-order valence-corrected chi connectivity index (χ3v) is 3.85. The molecule has 2 atom stereocenters. The van der Waals surface area contributed by atoms with E-state index in [1.165, 1.54) is 24.8 Å². The quantitative estimate of drug-likeness (QED) is 0.623. The minimum atomic E-state index is 0.589. The van der Waals surface area contributed by atoms with Crippen LogP contribution in [0.25, 0.3) is 0 Å². The highest BCUT2D eigenvalue weighted by atomic mass is 16.5. The van der Waals surface area contributed by atoms with Crippen LogP contribution in [0.3, 0.4) is 0 Å². The van der Waals surface area contributed by atoms with Gasteiger partial charge in [-0.05, 0) is 62.8 Å². The highest BCUT2D eigenvalue weighted by Gasteiger charge is 2.03. The van der Waals surface area contributed by atoms with Crippen molar-refractivity contribution < 1.29 is 4.74 Å². The largest absolute Gasteiger partial charge is 0.494 e. The Morgan fingerprint density at radius 2 is 1.80 bits per heavy atom. The van der Waals surface area contributed by atoms with E-state index < -0.39 is 0 Å². The summed E-state index contributed by atoms with van der Waals surface area (Å²) < 4.78 is 5.80. The van der Waals surface area contributed by atoms with E-state index in [1.54, 1.807) is 0 Å². The summed E-state index contributed by atoms with van der Waals surface area (Å²) in [6, 6.07) is 9.16. The van der Waals surface area contributed by atoms with E-state index in [2.05, 4.69) is 57.3 Å². The Morgan fingerprint density at radius 3 is 2.40 bits per heavy atom. The van der Waals surface area contributed by atoms with Crippen molar-refractivity contribution in [1.82, 2.24) is 5.32 Å². The zero-order valence-corrected chi connectivity index (χ0v) is 13.6. The van der Waals surface area contributed by atoms with Gasteiger partial charge in [-0.15, -0.1) is 0 Å². The molecular weight excluding hydrogens is 246 g/mol. The van der Waals surface area contributed by atoms with Crippen LogP contribution >= 0.6 is 0 Å². The topological polar surface area (TPSA) is 21.3 Å². The first kappa shape index (κ1) is 17.0. The third kappa shape index (κ3) is 6.42. The molecule has 1 aromatic carbocycles. The van der Waals surface area contributed by atoms with E-state index in [4.69, 9.17) is 4.74 Å². The van der Waals surface area contributed by atoms with Crippen molar-refractivity contribution in [3.63, 3.8) is 0 Å². The average molecular weight is 277 g/mol. The molecule has 2 heteroatoms. The molecule has 0 saturated carbocycles. The van der Waals surface area contributed by atoms with Crippen LogP contribution in [0.1, 0.15) is 64.9 Å². The lowest BCUT2D eigenvalue weighted by Gasteiger charge is -2.14. The second kappa shape index (κ2) is 9.82. The lowest BCUT2D eigenvalue weighted by Crippen LogP contribution is -2.26. The monoisotopic (exact) mass is 277 g/mol. The molecule has 0 saturated heterocycles. The molecule has 2 nitrogen and oxygen atoms in total. The highest BCUT2D eigenvalue weighted by molar-refractivity contribution is 5.29. The molecule has 114 valence electrons. The smallest absolute Gasteiger partial charge is 0.119 e. The lowest BCUT2D eigenvalue weighted by atomic mass is 9.99. The highest BCUT2D eigenvalue weighted by Crippen LogP contribution is 2.21. The van der Waals surface area contributed by atoms with Gasteiger partial charge in [0.05, 0.1) is 6.61 Å². The fraction of sp³-hybridized carbons (Fsp3) is 0.667. The minimum Gasteiger partial charge on any atom is -0.494 e. The standard InChI is InChI=1S/C18H31NO/c1-5-13-19-16(4)8-7-14-20-18-11-9-17(10-12-18)15(3)6-2/h9-12,15-16,19H,5-8,13-14H2,1-4H3. The zero-order chi connectivity index (χ0) is 14.8. The van der Waals surface area contributed by atoms with Crippen molar-refractivity contribution in [3.05, 3.63) is 29.8 Å². The summed E-state index contributed by atoms with van der Waals surface area (Å²) in [4.78, 5) is 0. The van der Waals surface area contributed by atoms with E-state index in [0.29, 0.717) is 12.0 Å². The fourth-order valence-electron chi connectivity index (χ4n) is 2.20. The summed E-state index contributed by atoms with van der Waals surface area (Å²) in [6.07, 6.45) is 4.65. The summed E-state index contributed by atoms with van der Waals surface area (Å²) in [5.41, 5.74) is 1.40. The SMILES string of the molecule is CCCNC(C)CCCOc1ccc(C(C)CC)cc1. The molecule has 0 bridgehead atoms. The first-order valence-corrected chi connectivity index (χ1v) is 8.13. The molecule has 1 N–H and O–H groups in total. The molecule has 1 rings (SSSR count). The molecule has 0 amide bonds. The van der Waals surface area contributed by atoms with Crippen LogP contribution in [0.5, 0.6) is 5.75 Å². The van der Waals surface area contributed by atoms with Crippen LogP contribution in [0.15, 0.2) is 24.3 Å². The zero-order valence-electron chi connectivity index (χ0n) is 13.6. The van der Waals surface area contributed by atoms with Gasteiger partial charge in [-0.25, -0.2) is 0 Å². The maximum atomic E-state index is 5.80. The number of rotatable bonds is 10. The van der Waals surface area contributed by atoms with E-state index in [1.807, 2.05) is 0 Å². The molecule has 0 fully saturated rings. The summed E-state index contributed by atoms with van der Waals surface area (Å²) in [5, 5.41) is 3.50. The number of benzene rings is 1. The van der Waals surface area contributed by atoms with Gasteiger partial charge in [-0.2, -0.15) is 0 Å². The maximum Gasteiger partial charge on any atom is 0.119 e. The summed E-state index contributed by atoms with van der Waals surface area (Å²) >= 11 is 0. The van der Waals surface area contributed by atoms with Gasteiger partial charge in [0.15, 0.2) is 0 Å². The van der Waals surface area contributed by atoms with Crippen LogP contribution in [0.2, 0.25) is 0 Å². The van der Waals surface area contributed by atoms with Crippen molar-refractivity contribution in [3.8, 4) is 5.75 Å². The molecule has 0 radical (unpaired) electrons. The second-order valence-corrected chi connectivity index (χ2v) is 5.72. The van der Waals surface area contributed by atoms with Gasteiger partial charge in [0.25, 0.3) is 0 Å². The van der Waals surface area contributed by atoms with Crippen molar-refractivity contribution in [2.75, 3.05) is 13.2 Å². The van der Waals surface area contributed by atoms with Crippen LogP contribution < -0.4 is 10.1 Å². The molecule has 0 aliphatic carbocycles. The van der Waals surface area contributed by atoms with E-state index in [9.17, 15) is 0 Å². The Labute approximate surface area is 124 Å². The Hall–Kier alpha value is -1.02. The Bertz CT molecular complexity index is 347. The number of ether oxygens (including phenoxy) is 1. The van der Waals surface area contributed by atoms with Gasteiger partial charge >= 0.3 is 0 Å². The molecular formula is C18H31NO. The number of hydrogen-bond donors (Lipinski definition) is 1. The first-order valence-electron chi connectivity index (χ1n) is 8.13. The van der Waals surface area contributed by atoms with Gasteiger partial charge in [-0.1, -0.05) is 32.9 Å². The van der Waals surface area contributed by atoms with Crippen LogP contribution in [0, 0.1) is 0 Å². The first-order chi connectivity index (χ1) is 9.67. The Kier molecular flexibility index (Phi) is 8.36. The van der Waals surface area contributed by atoms with Crippen molar-refractivity contribution >= 4 is 0 Å². The third-order valence-electron chi connectivity index (χ3n) is 3.85. The van der Waals surface area contributed by atoms with Gasteiger partial charge < -0.3 is 10.1 Å². The van der Waals surface area contributed by atoms with Gasteiger partial charge in [0, 0.05) is 6.04 Å². The summed E-state index contributed by atoms with van der Waals surface area (Å²) in [7, 11) is 0. The molecule has 0 aromatic heterocycles. The minimum absolute atomic E-state index is 0.589. The van der Waals surface area contributed by atoms with Gasteiger partial charge in [-0.3, -0.25) is 0 Å². The van der Waals surface area contributed by atoms with E-state index in [0.717, 1.165) is 25.3 Å². The Morgan fingerprint density at radius 1 is 1.10 bits per heavy atom. The van der Waals surface area contributed by atoms with Crippen molar-refractivity contribution in [2.45, 2.75) is 65.3 Å². The van der Waals surface area contributed by atoms with E-state index in [-0.39, 0.29) is 0 Å². The number of nitrogens with one attached hydrogen (secondary N) is 1. The normalized spacial score (nSPS) is 14.0. The van der Waals surface area contributed by atoms with Gasteiger partial charge in [0.1, 0.15) is 5.75 Å².